The molecule has 0 aliphatic rings. The smallest absolute Gasteiger partial charge is 0.224 e. The average Bonchev–Trinajstić information content (AvgIpc) is 2.45. The maximum Gasteiger partial charge on any atom is 0.224 e. The summed E-state index contributed by atoms with van der Waals surface area (Å²) in [7, 11) is 1.59. The van der Waals surface area contributed by atoms with E-state index >= 15 is 0 Å². The maximum absolute atomic E-state index is 11.9. The third-order valence-electron chi connectivity index (χ3n) is 3.47. The third kappa shape index (κ3) is 4.56. The van der Waals surface area contributed by atoms with Gasteiger partial charge in [0.25, 0.3) is 0 Å². The Morgan fingerprint density at radius 1 is 1.32 bits per heavy atom. The summed E-state index contributed by atoms with van der Waals surface area (Å²) in [4.78, 5) is 11.9. The molecule has 1 rings (SSSR count). The Morgan fingerprint density at radius 3 is 2.53 bits per heavy atom. The van der Waals surface area contributed by atoms with Crippen molar-refractivity contribution in [2.24, 2.45) is 0 Å². The van der Waals surface area contributed by atoms with Crippen LogP contribution >= 0.6 is 0 Å². The lowest BCUT2D eigenvalue weighted by Gasteiger charge is -2.25. The predicted octanol–water partition coefficient (Wildman–Crippen LogP) is 1.90. The minimum Gasteiger partial charge on any atom is -0.496 e. The molecule has 4 nitrogen and oxygen atoms in total. The van der Waals surface area contributed by atoms with Crippen LogP contribution in [0.1, 0.15) is 32.3 Å². The molecule has 2 N–H and O–H groups in total. The van der Waals surface area contributed by atoms with Gasteiger partial charge in [0.1, 0.15) is 5.75 Å². The number of benzene rings is 1. The SMILES string of the molecule is CCC(O)(CC)CNC(=O)Cc1ccccc1OC. The molecule has 4 heteroatoms. The highest BCUT2D eigenvalue weighted by Crippen LogP contribution is 2.18. The van der Waals surface area contributed by atoms with Crippen molar-refractivity contribution in [3.63, 3.8) is 0 Å². The van der Waals surface area contributed by atoms with Crippen LogP contribution in [0, 0.1) is 0 Å². The monoisotopic (exact) mass is 265 g/mol. The second-order valence-corrected chi connectivity index (χ2v) is 4.70. The fraction of sp³-hybridized carbons (Fsp3) is 0.533. The van der Waals surface area contributed by atoms with E-state index in [1.807, 2.05) is 38.1 Å². The summed E-state index contributed by atoms with van der Waals surface area (Å²) < 4.78 is 5.20. The number of aliphatic hydroxyl groups is 1. The molecule has 0 aliphatic carbocycles. The highest BCUT2D eigenvalue weighted by atomic mass is 16.5. The summed E-state index contributed by atoms with van der Waals surface area (Å²) >= 11 is 0. The highest BCUT2D eigenvalue weighted by Gasteiger charge is 2.22. The van der Waals surface area contributed by atoms with Gasteiger partial charge < -0.3 is 15.2 Å². The number of amides is 1. The average molecular weight is 265 g/mol. The Hall–Kier alpha value is -1.55. The Balaban J connectivity index is 2.56. The second kappa shape index (κ2) is 7.14. The fourth-order valence-corrected chi connectivity index (χ4v) is 1.85. The number of methoxy groups -OCH3 is 1. The van der Waals surface area contributed by atoms with Gasteiger partial charge in [-0.3, -0.25) is 4.79 Å². The molecule has 0 heterocycles. The van der Waals surface area contributed by atoms with Crippen molar-refractivity contribution < 1.29 is 14.6 Å². The first-order valence-corrected chi connectivity index (χ1v) is 6.65. The fourth-order valence-electron chi connectivity index (χ4n) is 1.85. The van der Waals surface area contributed by atoms with Gasteiger partial charge in [0.15, 0.2) is 0 Å². The first-order valence-electron chi connectivity index (χ1n) is 6.65. The van der Waals surface area contributed by atoms with Crippen LogP contribution in [-0.2, 0) is 11.2 Å². The number of rotatable bonds is 7. The lowest BCUT2D eigenvalue weighted by Crippen LogP contribution is -2.42. The molecule has 0 saturated carbocycles. The van der Waals surface area contributed by atoms with E-state index in [1.54, 1.807) is 7.11 Å². The van der Waals surface area contributed by atoms with E-state index in [1.165, 1.54) is 0 Å². The molecule has 1 aromatic rings. The van der Waals surface area contributed by atoms with E-state index in [2.05, 4.69) is 5.32 Å². The molecular weight excluding hydrogens is 242 g/mol. The normalized spacial score (nSPS) is 11.2. The lowest BCUT2D eigenvalue weighted by atomic mass is 9.97. The minimum atomic E-state index is -0.809. The topological polar surface area (TPSA) is 58.6 Å². The highest BCUT2D eigenvalue weighted by molar-refractivity contribution is 5.79. The predicted molar refractivity (Wildman–Crippen MR) is 75.2 cm³/mol. The van der Waals surface area contributed by atoms with Crippen LogP contribution in [0.3, 0.4) is 0 Å². The van der Waals surface area contributed by atoms with Crippen LogP contribution in [0.15, 0.2) is 24.3 Å². The number of para-hydroxylation sites is 1. The Labute approximate surface area is 114 Å². The molecule has 0 fully saturated rings. The summed E-state index contributed by atoms with van der Waals surface area (Å²) in [5, 5.41) is 12.9. The quantitative estimate of drug-likeness (QED) is 0.791. The summed E-state index contributed by atoms with van der Waals surface area (Å²) in [6.45, 7) is 4.11. The Kier molecular flexibility index (Phi) is 5.83. The first kappa shape index (κ1) is 15.5. The second-order valence-electron chi connectivity index (χ2n) is 4.70. The summed E-state index contributed by atoms with van der Waals surface area (Å²) in [5.41, 5.74) is 0.0372. The molecule has 0 unspecified atom stereocenters. The molecule has 0 aromatic heterocycles. The maximum atomic E-state index is 11.9. The number of nitrogens with one attached hydrogen (secondary N) is 1. The van der Waals surface area contributed by atoms with Crippen molar-refractivity contribution in [1.82, 2.24) is 5.32 Å². The van der Waals surface area contributed by atoms with Gasteiger partial charge in [0, 0.05) is 12.1 Å². The Morgan fingerprint density at radius 2 is 1.95 bits per heavy atom. The molecule has 0 atom stereocenters. The van der Waals surface area contributed by atoms with Gasteiger partial charge in [-0.2, -0.15) is 0 Å². The largest absolute Gasteiger partial charge is 0.496 e. The van der Waals surface area contributed by atoms with Gasteiger partial charge >= 0.3 is 0 Å². The zero-order valence-corrected chi connectivity index (χ0v) is 11.9. The zero-order valence-electron chi connectivity index (χ0n) is 11.9. The van der Waals surface area contributed by atoms with Gasteiger partial charge in [-0.05, 0) is 18.9 Å². The molecule has 0 bridgehead atoms. The van der Waals surface area contributed by atoms with E-state index in [0.29, 0.717) is 18.6 Å². The van der Waals surface area contributed by atoms with Crippen molar-refractivity contribution in [2.45, 2.75) is 38.7 Å². The van der Waals surface area contributed by atoms with Gasteiger partial charge in [0.2, 0.25) is 5.91 Å². The van der Waals surface area contributed by atoms with Crippen molar-refractivity contribution in [1.29, 1.82) is 0 Å². The van der Waals surface area contributed by atoms with Crippen molar-refractivity contribution in [2.75, 3.05) is 13.7 Å². The molecule has 19 heavy (non-hydrogen) atoms. The van der Waals surface area contributed by atoms with E-state index in [0.717, 1.165) is 5.56 Å². The molecular formula is C15H23NO3. The molecule has 0 saturated heterocycles. The van der Waals surface area contributed by atoms with Crippen LogP contribution in [0.2, 0.25) is 0 Å². The van der Waals surface area contributed by atoms with E-state index in [4.69, 9.17) is 4.74 Å². The van der Waals surface area contributed by atoms with Crippen LogP contribution in [0.4, 0.5) is 0 Å². The minimum absolute atomic E-state index is 0.107. The van der Waals surface area contributed by atoms with Crippen molar-refractivity contribution in [3.05, 3.63) is 29.8 Å². The molecule has 106 valence electrons. The zero-order chi connectivity index (χ0) is 14.3. The van der Waals surface area contributed by atoms with Gasteiger partial charge in [-0.1, -0.05) is 32.0 Å². The van der Waals surface area contributed by atoms with E-state index in [-0.39, 0.29) is 18.9 Å². The van der Waals surface area contributed by atoms with Crippen LogP contribution in [0.5, 0.6) is 5.75 Å². The number of ether oxygens (including phenoxy) is 1. The lowest BCUT2D eigenvalue weighted by molar-refractivity contribution is -0.121. The molecule has 1 aromatic carbocycles. The number of carbonyl (C=O) groups is 1. The van der Waals surface area contributed by atoms with Gasteiger partial charge in [-0.25, -0.2) is 0 Å². The number of hydrogen-bond donors (Lipinski definition) is 2. The van der Waals surface area contributed by atoms with E-state index in [9.17, 15) is 9.90 Å². The Bertz CT molecular complexity index is 414. The molecule has 0 spiro atoms. The summed E-state index contributed by atoms with van der Waals surface area (Å²) in [6.07, 6.45) is 1.50. The summed E-state index contributed by atoms with van der Waals surface area (Å²) in [6, 6.07) is 7.44. The van der Waals surface area contributed by atoms with Gasteiger partial charge in [-0.15, -0.1) is 0 Å². The number of hydrogen-bond acceptors (Lipinski definition) is 3. The van der Waals surface area contributed by atoms with E-state index < -0.39 is 5.60 Å². The third-order valence-corrected chi connectivity index (χ3v) is 3.47. The van der Waals surface area contributed by atoms with Crippen LogP contribution in [-0.4, -0.2) is 30.3 Å². The molecule has 0 aliphatic heterocycles. The van der Waals surface area contributed by atoms with Crippen molar-refractivity contribution >= 4 is 5.91 Å². The van der Waals surface area contributed by atoms with Gasteiger partial charge in [0.05, 0.1) is 19.1 Å². The van der Waals surface area contributed by atoms with Crippen molar-refractivity contribution in [3.8, 4) is 5.75 Å². The molecule has 1 amide bonds. The van der Waals surface area contributed by atoms with Crippen LogP contribution in [0.25, 0.3) is 0 Å². The first-order chi connectivity index (χ1) is 9.04. The number of carbonyl (C=O) groups excluding carboxylic acids is 1. The standard InChI is InChI=1S/C15H23NO3/c1-4-15(18,5-2)11-16-14(17)10-12-8-6-7-9-13(12)19-3/h6-9,18H,4-5,10-11H2,1-3H3,(H,16,17). The summed E-state index contributed by atoms with van der Waals surface area (Å²) in [5.74, 6) is 0.601. The molecule has 0 radical (unpaired) electrons. The van der Waals surface area contributed by atoms with Crippen LogP contribution < -0.4 is 10.1 Å².